The van der Waals surface area contributed by atoms with Crippen molar-refractivity contribution in [2.75, 3.05) is 32.0 Å². The molecule has 2 atom stereocenters. The summed E-state index contributed by atoms with van der Waals surface area (Å²) in [7, 11) is 4.66. The van der Waals surface area contributed by atoms with Crippen LogP contribution in [0, 0.1) is 11.8 Å². The first-order valence-corrected chi connectivity index (χ1v) is 16.4. The molecule has 0 aliphatic heterocycles. The molecule has 0 saturated heterocycles. The Labute approximate surface area is 275 Å². The van der Waals surface area contributed by atoms with Crippen molar-refractivity contribution in [3.05, 3.63) is 51.4 Å². The van der Waals surface area contributed by atoms with Gasteiger partial charge in [0.25, 0.3) is 0 Å². The van der Waals surface area contributed by atoms with E-state index in [0.29, 0.717) is 41.2 Å². The van der Waals surface area contributed by atoms with Gasteiger partial charge in [-0.15, -0.1) is 5.10 Å². The lowest BCUT2D eigenvalue weighted by atomic mass is 9.95. The van der Waals surface area contributed by atoms with Crippen molar-refractivity contribution in [3.63, 3.8) is 0 Å². The lowest BCUT2D eigenvalue weighted by Crippen LogP contribution is -2.40. The number of fused-ring (bicyclic) bond motifs is 3. The highest BCUT2D eigenvalue weighted by Gasteiger charge is 2.30. The van der Waals surface area contributed by atoms with Gasteiger partial charge < -0.3 is 24.8 Å². The summed E-state index contributed by atoms with van der Waals surface area (Å²) in [4.78, 5) is 44.1. The van der Waals surface area contributed by atoms with Crippen LogP contribution in [-0.4, -0.2) is 54.4 Å². The summed E-state index contributed by atoms with van der Waals surface area (Å²) in [5, 5.41) is 16.2. The summed E-state index contributed by atoms with van der Waals surface area (Å²) in [6.45, 7) is 5.26. The summed E-state index contributed by atoms with van der Waals surface area (Å²) in [5.41, 5.74) is 2.93. The summed E-state index contributed by atoms with van der Waals surface area (Å²) >= 11 is 0. The van der Waals surface area contributed by atoms with Crippen molar-refractivity contribution in [1.29, 1.82) is 0 Å². The SMILES string of the molecule is COc1cc2c(c(OC)c1OC)-c1ccc(N[C@@H](C(=O)Nc3n[nH]c(CCC4CCCC4)n3)C(C)C)c(=O)cc1[C@@H](NC(C)=O)CC2. The van der Waals surface area contributed by atoms with Gasteiger partial charge in [-0.1, -0.05) is 45.6 Å². The summed E-state index contributed by atoms with van der Waals surface area (Å²) in [6.07, 6.45) is 8.09. The number of methoxy groups -OCH3 is 3. The molecule has 0 radical (unpaired) electrons. The minimum absolute atomic E-state index is 0.178. The third-order valence-electron chi connectivity index (χ3n) is 9.21. The lowest BCUT2D eigenvalue weighted by Gasteiger charge is -2.21. The first kappa shape index (κ1) is 33.7. The average molecular weight is 647 g/mol. The average Bonchev–Trinajstić information content (AvgIpc) is 3.67. The Balaban J connectivity index is 1.47. The number of rotatable bonds is 12. The normalized spacial score (nSPS) is 16.4. The van der Waals surface area contributed by atoms with Gasteiger partial charge in [-0.05, 0) is 66.0 Å². The summed E-state index contributed by atoms with van der Waals surface area (Å²) in [5.74, 6) is 2.36. The Morgan fingerprint density at radius 1 is 1.02 bits per heavy atom. The Morgan fingerprint density at radius 3 is 2.43 bits per heavy atom. The molecule has 2 amide bonds. The van der Waals surface area contributed by atoms with Crippen LogP contribution in [0.1, 0.15) is 82.3 Å². The van der Waals surface area contributed by atoms with Gasteiger partial charge in [0, 0.05) is 18.9 Å². The number of nitrogens with one attached hydrogen (secondary N) is 4. The molecule has 3 aromatic rings. The molecule has 12 heteroatoms. The zero-order valence-electron chi connectivity index (χ0n) is 28.1. The summed E-state index contributed by atoms with van der Waals surface area (Å²) < 4.78 is 17.2. The third kappa shape index (κ3) is 7.52. The molecule has 0 spiro atoms. The number of amides is 2. The van der Waals surface area contributed by atoms with Crippen molar-refractivity contribution >= 4 is 23.5 Å². The van der Waals surface area contributed by atoms with E-state index in [2.05, 4.69) is 31.1 Å². The smallest absolute Gasteiger partial charge is 0.249 e. The second kappa shape index (κ2) is 14.9. The Morgan fingerprint density at radius 2 is 1.77 bits per heavy atom. The highest BCUT2D eigenvalue weighted by Crippen LogP contribution is 2.50. The lowest BCUT2D eigenvalue weighted by molar-refractivity contribution is -0.120. The second-order valence-corrected chi connectivity index (χ2v) is 12.7. The number of hydrogen-bond acceptors (Lipinski definition) is 9. The van der Waals surface area contributed by atoms with Crippen LogP contribution in [0.15, 0.2) is 29.1 Å². The van der Waals surface area contributed by atoms with Gasteiger partial charge >= 0.3 is 0 Å². The maximum atomic E-state index is 13.8. The van der Waals surface area contributed by atoms with E-state index in [4.69, 9.17) is 14.2 Å². The Hall–Kier alpha value is -4.61. The van der Waals surface area contributed by atoms with Gasteiger partial charge in [0.1, 0.15) is 11.9 Å². The van der Waals surface area contributed by atoms with Crippen LogP contribution in [-0.2, 0) is 22.4 Å². The number of nitrogens with zero attached hydrogens (tertiary/aromatic N) is 2. The molecule has 1 fully saturated rings. The van der Waals surface area contributed by atoms with E-state index < -0.39 is 12.1 Å². The minimum atomic E-state index is -0.761. The van der Waals surface area contributed by atoms with E-state index in [9.17, 15) is 14.4 Å². The van der Waals surface area contributed by atoms with Crippen LogP contribution in [0.25, 0.3) is 11.1 Å². The molecule has 1 aromatic heterocycles. The standard InChI is InChI=1S/C35H46N6O6/c1-19(2)31(34(44)39-35-38-29(40-41-35)16-11-21-9-7-8-10-21)37-26-15-13-23-24(18-27(26)43)25(36-20(3)42)14-12-22-17-28(45-4)32(46-5)33(47-6)30(22)23/h13,15,17-19,21,25,31H,7-12,14,16H2,1-6H3,(H,36,42)(H,37,43)(H2,38,39,40,41,44)/t25-,31+/m0/s1. The number of aryl methyl sites for hydroxylation is 2. The second-order valence-electron chi connectivity index (χ2n) is 12.7. The molecule has 12 nitrogen and oxygen atoms in total. The fourth-order valence-corrected chi connectivity index (χ4v) is 6.82. The van der Waals surface area contributed by atoms with E-state index in [1.54, 1.807) is 27.4 Å². The van der Waals surface area contributed by atoms with Gasteiger partial charge in [0.05, 0.1) is 33.1 Å². The van der Waals surface area contributed by atoms with E-state index in [0.717, 1.165) is 35.7 Å². The fraction of sp³-hybridized carbons (Fsp3) is 0.514. The number of hydrogen-bond donors (Lipinski definition) is 4. The molecule has 0 unspecified atom stereocenters. The Kier molecular flexibility index (Phi) is 10.7. The van der Waals surface area contributed by atoms with Crippen LogP contribution >= 0.6 is 0 Å². The number of ether oxygens (including phenoxy) is 3. The highest BCUT2D eigenvalue weighted by atomic mass is 16.5. The van der Waals surface area contributed by atoms with E-state index >= 15 is 0 Å². The minimum Gasteiger partial charge on any atom is -0.493 e. The fourth-order valence-electron chi connectivity index (χ4n) is 6.82. The number of H-pyrrole nitrogens is 1. The van der Waals surface area contributed by atoms with Gasteiger partial charge in [0.15, 0.2) is 11.5 Å². The van der Waals surface area contributed by atoms with Crippen LogP contribution < -0.4 is 35.6 Å². The molecule has 252 valence electrons. The van der Waals surface area contributed by atoms with Gasteiger partial charge in [-0.25, -0.2) is 0 Å². The highest BCUT2D eigenvalue weighted by molar-refractivity contribution is 5.95. The predicted molar refractivity (Wildman–Crippen MR) is 180 cm³/mol. The molecule has 2 aliphatic rings. The van der Waals surface area contributed by atoms with Crippen LogP contribution in [0.3, 0.4) is 0 Å². The molecule has 47 heavy (non-hydrogen) atoms. The molecule has 5 rings (SSSR count). The number of carbonyl (C=O) groups is 2. The molecular formula is C35H46N6O6. The number of benzene rings is 1. The van der Waals surface area contributed by atoms with Crippen LogP contribution in [0.5, 0.6) is 17.2 Å². The molecular weight excluding hydrogens is 600 g/mol. The molecule has 4 N–H and O–H groups in total. The predicted octanol–water partition coefficient (Wildman–Crippen LogP) is 5.18. The van der Waals surface area contributed by atoms with Crippen LogP contribution in [0.4, 0.5) is 11.6 Å². The molecule has 2 aliphatic carbocycles. The zero-order chi connectivity index (χ0) is 33.7. The van der Waals surface area contributed by atoms with Crippen molar-refractivity contribution in [2.24, 2.45) is 11.8 Å². The van der Waals surface area contributed by atoms with Crippen molar-refractivity contribution in [1.82, 2.24) is 20.5 Å². The van der Waals surface area contributed by atoms with Crippen molar-refractivity contribution < 1.29 is 23.8 Å². The molecule has 1 saturated carbocycles. The first-order valence-electron chi connectivity index (χ1n) is 16.4. The number of aromatic nitrogens is 3. The number of aromatic amines is 1. The maximum absolute atomic E-state index is 13.8. The molecule has 0 bridgehead atoms. The van der Waals surface area contributed by atoms with Gasteiger partial charge in [0.2, 0.25) is 28.9 Å². The largest absolute Gasteiger partial charge is 0.493 e. The topological polar surface area (TPSA) is 157 Å². The third-order valence-corrected chi connectivity index (χ3v) is 9.21. The van der Waals surface area contributed by atoms with Gasteiger partial charge in [-0.2, -0.15) is 4.98 Å². The number of anilines is 2. The monoisotopic (exact) mass is 646 g/mol. The van der Waals surface area contributed by atoms with E-state index in [1.165, 1.54) is 38.7 Å². The first-order chi connectivity index (χ1) is 22.6. The zero-order valence-corrected chi connectivity index (χ0v) is 28.1. The number of carbonyl (C=O) groups excluding carboxylic acids is 2. The van der Waals surface area contributed by atoms with E-state index in [-0.39, 0.29) is 34.8 Å². The molecule has 2 aromatic carbocycles. The van der Waals surface area contributed by atoms with Crippen LogP contribution in [0.2, 0.25) is 0 Å². The molecule has 1 heterocycles. The maximum Gasteiger partial charge on any atom is 0.249 e. The quantitative estimate of drug-likeness (QED) is 0.208. The summed E-state index contributed by atoms with van der Waals surface area (Å²) in [6, 6.07) is 5.74. The van der Waals surface area contributed by atoms with E-state index in [1.807, 2.05) is 26.0 Å². The van der Waals surface area contributed by atoms with Crippen molar-refractivity contribution in [2.45, 2.75) is 84.2 Å². The van der Waals surface area contributed by atoms with Gasteiger partial charge in [-0.3, -0.25) is 24.8 Å². The Bertz CT molecular complexity index is 1660. The van der Waals surface area contributed by atoms with Crippen molar-refractivity contribution in [3.8, 4) is 28.4 Å².